The molecule has 1 aromatic carbocycles. The normalized spacial score (nSPS) is 11.7. The highest BCUT2D eigenvalue weighted by atomic mass is 16.5. The van der Waals surface area contributed by atoms with Crippen LogP contribution in [0, 0.1) is 0 Å². The summed E-state index contributed by atoms with van der Waals surface area (Å²) in [6.07, 6.45) is 4.82. The number of nitrogens with zero attached hydrogens (tertiary/aromatic N) is 5. The van der Waals surface area contributed by atoms with Gasteiger partial charge in [0.2, 0.25) is 5.88 Å². The van der Waals surface area contributed by atoms with Gasteiger partial charge in [-0.1, -0.05) is 18.2 Å². The molecule has 2 amide bonds. The van der Waals surface area contributed by atoms with E-state index >= 15 is 0 Å². The van der Waals surface area contributed by atoms with Crippen LogP contribution in [-0.2, 0) is 6.54 Å². The molecule has 27 heavy (non-hydrogen) atoms. The van der Waals surface area contributed by atoms with Crippen LogP contribution in [0.15, 0.2) is 55.2 Å². The summed E-state index contributed by atoms with van der Waals surface area (Å²) in [7, 11) is 3.34. The van der Waals surface area contributed by atoms with Crippen LogP contribution in [0.5, 0.6) is 5.88 Å². The second kappa shape index (κ2) is 8.31. The fraction of sp³-hybridized carbons (Fsp3) is 0.263. The summed E-state index contributed by atoms with van der Waals surface area (Å²) in [6.45, 7) is 2.39. The van der Waals surface area contributed by atoms with Crippen LogP contribution >= 0.6 is 0 Å². The number of carbonyl (C=O) groups is 1. The zero-order chi connectivity index (χ0) is 19.2. The number of ether oxygens (including phenoxy) is 1. The molecule has 1 N–H and O–H groups in total. The highest BCUT2D eigenvalue weighted by molar-refractivity contribution is 5.74. The highest BCUT2D eigenvalue weighted by Gasteiger charge is 2.17. The Hall–Kier alpha value is -3.42. The van der Waals surface area contributed by atoms with E-state index in [9.17, 15) is 4.79 Å². The summed E-state index contributed by atoms with van der Waals surface area (Å²) >= 11 is 0. The Kier molecular flexibility index (Phi) is 5.65. The average Bonchev–Trinajstić information content (AvgIpc) is 3.26. The van der Waals surface area contributed by atoms with E-state index in [-0.39, 0.29) is 12.1 Å². The van der Waals surface area contributed by atoms with Crippen LogP contribution in [0.25, 0.3) is 5.69 Å². The maximum Gasteiger partial charge on any atom is 0.317 e. The number of rotatable bonds is 6. The van der Waals surface area contributed by atoms with Gasteiger partial charge in [0.25, 0.3) is 0 Å². The summed E-state index contributed by atoms with van der Waals surface area (Å²) in [6, 6.07) is 11.3. The molecular formula is C19H22N6O2. The molecule has 0 saturated carbocycles. The van der Waals surface area contributed by atoms with Gasteiger partial charge in [-0.25, -0.2) is 19.4 Å². The summed E-state index contributed by atoms with van der Waals surface area (Å²) in [5.74, 6) is 0.546. The first-order valence-corrected chi connectivity index (χ1v) is 8.53. The molecule has 3 rings (SSSR count). The lowest BCUT2D eigenvalue weighted by Gasteiger charge is -2.25. The van der Waals surface area contributed by atoms with Crippen LogP contribution in [0.1, 0.15) is 24.1 Å². The molecule has 0 spiro atoms. The van der Waals surface area contributed by atoms with Crippen LogP contribution in [-0.4, -0.2) is 44.8 Å². The van der Waals surface area contributed by atoms with Crippen molar-refractivity contribution in [2.75, 3.05) is 14.2 Å². The van der Waals surface area contributed by atoms with Gasteiger partial charge in [0.15, 0.2) is 0 Å². The lowest BCUT2D eigenvalue weighted by molar-refractivity contribution is 0.194. The zero-order valence-corrected chi connectivity index (χ0v) is 15.5. The Balaban J connectivity index is 1.58. The smallest absolute Gasteiger partial charge is 0.317 e. The number of hydrogen-bond donors (Lipinski definition) is 1. The van der Waals surface area contributed by atoms with Crippen molar-refractivity contribution in [1.29, 1.82) is 0 Å². The Morgan fingerprint density at radius 3 is 2.63 bits per heavy atom. The number of amides is 2. The highest BCUT2D eigenvalue weighted by Crippen LogP contribution is 2.20. The number of benzene rings is 1. The minimum absolute atomic E-state index is 0.0798. The Morgan fingerprint density at radius 1 is 1.26 bits per heavy atom. The Bertz CT molecular complexity index is 862. The minimum atomic E-state index is -0.154. The Labute approximate surface area is 157 Å². The number of nitrogens with one attached hydrogen (secondary N) is 1. The van der Waals surface area contributed by atoms with Crippen molar-refractivity contribution >= 4 is 6.03 Å². The molecule has 140 valence electrons. The van der Waals surface area contributed by atoms with E-state index in [2.05, 4.69) is 20.4 Å². The van der Waals surface area contributed by atoms with Gasteiger partial charge in [0, 0.05) is 25.9 Å². The average molecular weight is 366 g/mol. The summed E-state index contributed by atoms with van der Waals surface area (Å²) < 4.78 is 6.72. The van der Waals surface area contributed by atoms with Crippen molar-refractivity contribution in [2.24, 2.45) is 0 Å². The molecule has 0 aliphatic heterocycles. The van der Waals surface area contributed by atoms with Crippen molar-refractivity contribution in [3.05, 3.63) is 66.4 Å². The molecule has 2 aromatic heterocycles. The molecule has 1 atom stereocenters. The van der Waals surface area contributed by atoms with Crippen molar-refractivity contribution < 1.29 is 9.53 Å². The monoisotopic (exact) mass is 366 g/mol. The Morgan fingerprint density at radius 2 is 2.04 bits per heavy atom. The predicted molar refractivity (Wildman–Crippen MR) is 101 cm³/mol. The van der Waals surface area contributed by atoms with Gasteiger partial charge in [-0.15, -0.1) is 0 Å². The van der Waals surface area contributed by atoms with E-state index in [1.165, 1.54) is 6.33 Å². The van der Waals surface area contributed by atoms with E-state index in [1.807, 2.05) is 37.3 Å². The molecule has 3 aromatic rings. The second-order valence-electron chi connectivity index (χ2n) is 6.09. The van der Waals surface area contributed by atoms with Gasteiger partial charge >= 0.3 is 6.03 Å². The lowest BCUT2D eigenvalue weighted by Crippen LogP contribution is -2.38. The summed E-state index contributed by atoms with van der Waals surface area (Å²) in [4.78, 5) is 22.2. The molecule has 0 aliphatic rings. The van der Waals surface area contributed by atoms with E-state index in [0.29, 0.717) is 12.4 Å². The van der Waals surface area contributed by atoms with E-state index in [1.54, 1.807) is 42.3 Å². The maximum absolute atomic E-state index is 12.5. The second-order valence-corrected chi connectivity index (χ2v) is 6.09. The third-order valence-corrected chi connectivity index (χ3v) is 4.41. The molecule has 0 aliphatic carbocycles. The number of pyridine rings is 1. The van der Waals surface area contributed by atoms with Crippen LogP contribution < -0.4 is 10.1 Å². The van der Waals surface area contributed by atoms with Gasteiger partial charge in [-0.3, -0.25) is 0 Å². The predicted octanol–water partition coefficient (Wildman–Crippen LogP) is 2.57. The van der Waals surface area contributed by atoms with Crippen molar-refractivity contribution in [3.63, 3.8) is 0 Å². The SMILES string of the molecule is COc1ccc(CNC(=O)N(C)C(C)c2ccc(-n3cncn3)cc2)cn1. The molecule has 8 heteroatoms. The molecule has 2 heterocycles. The first kappa shape index (κ1) is 18.4. The van der Waals surface area contributed by atoms with Gasteiger partial charge in [-0.2, -0.15) is 5.10 Å². The zero-order valence-electron chi connectivity index (χ0n) is 15.5. The first-order valence-electron chi connectivity index (χ1n) is 8.53. The lowest BCUT2D eigenvalue weighted by atomic mass is 10.1. The third-order valence-electron chi connectivity index (χ3n) is 4.41. The van der Waals surface area contributed by atoms with Crippen LogP contribution in [0.3, 0.4) is 0 Å². The summed E-state index contributed by atoms with van der Waals surface area (Å²) in [5.41, 5.74) is 2.85. The molecule has 0 fully saturated rings. The quantitative estimate of drug-likeness (QED) is 0.725. The number of urea groups is 1. The largest absolute Gasteiger partial charge is 0.481 e. The third kappa shape index (κ3) is 4.41. The van der Waals surface area contributed by atoms with Crippen molar-refractivity contribution in [3.8, 4) is 11.6 Å². The summed E-state index contributed by atoms with van der Waals surface area (Å²) in [5, 5.41) is 7.01. The molecule has 0 bridgehead atoms. The fourth-order valence-electron chi connectivity index (χ4n) is 2.59. The maximum atomic E-state index is 12.5. The standard InChI is InChI=1S/C19H22N6O2/c1-14(16-5-7-17(8-6-16)25-13-20-12-23-25)24(2)19(26)22-11-15-4-9-18(27-3)21-10-15/h4-10,12-14H,11H2,1-3H3,(H,22,26). The van der Waals surface area contributed by atoms with Crippen molar-refractivity contribution in [2.45, 2.75) is 19.5 Å². The molecule has 8 nitrogen and oxygen atoms in total. The van der Waals surface area contributed by atoms with Gasteiger partial charge in [-0.05, 0) is 30.2 Å². The molecule has 1 unspecified atom stereocenters. The van der Waals surface area contributed by atoms with Gasteiger partial charge < -0.3 is 15.0 Å². The first-order chi connectivity index (χ1) is 13.1. The number of aromatic nitrogens is 4. The number of methoxy groups -OCH3 is 1. The minimum Gasteiger partial charge on any atom is -0.481 e. The van der Waals surface area contributed by atoms with E-state index < -0.39 is 0 Å². The fourth-order valence-corrected chi connectivity index (χ4v) is 2.59. The van der Waals surface area contributed by atoms with Crippen LogP contribution in [0.4, 0.5) is 4.79 Å². The molecule has 0 saturated heterocycles. The molecular weight excluding hydrogens is 344 g/mol. The van der Waals surface area contributed by atoms with E-state index in [0.717, 1.165) is 16.8 Å². The van der Waals surface area contributed by atoms with Crippen molar-refractivity contribution in [1.82, 2.24) is 30.0 Å². The number of hydrogen-bond acceptors (Lipinski definition) is 5. The molecule has 0 radical (unpaired) electrons. The number of carbonyl (C=O) groups excluding carboxylic acids is 1. The van der Waals surface area contributed by atoms with E-state index in [4.69, 9.17) is 4.74 Å². The van der Waals surface area contributed by atoms with Crippen LogP contribution in [0.2, 0.25) is 0 Å². The topological polar surface area (TPSA) is 85.2 Å². The van der Waals surface area contributed by atoms with Gasteiger partial charge in [0.1, 0.15) is 12.7 Å². The van der Waals surface area contributed by atoms with Gasteiger partial charge in [0.05, 0.1) is 18.8 Å².